The third-order valence-electron chi connectivity index (χ3n) is 2.39. The van der Waals surface area contributed by atoms with E-state index < -0.39 is 11.8 Å². The highest BCUT2D eigenvalue weighted by atomic mass is 19.1. The van der Waals surface area contributed by atoms with Crippen LogP contribution in [0.3, 0.4) is 0 Å². The molecule has 18 heavy (non-hydrogen) atoms. The van der Waals surface area contributed by atoms with E-state index in [2.05, 4.69) is 0 Å². The Morgan fingerprint density at radius 3 is 2.67 bits per heavy atom. The zero-order valence-electron chi connectivity index (χ0n) is 9.68. The van der Waals surface area contributed by atoms with Gasteiger partial charge in [0.25, 0.3) is 0 Å². The van der Waals surface area contributed by atoms with Crippen LogP contribution in [0.5, 0.6) is 11.5 Å². The summed E-state index contributed by atoms with van der Waals surface area (Å²) >= 11 is 0. The number of carboxylic acid groups (broad SMARTS) is 1. The van der Waals surface area contributed by atoms with Crippen LogP contribution in [0.1, 0.15) is 15.9 Å². The summed E-state index contributed by atoms with van der Waals surface area (Å²) < 4.78 is 18.4. The van der Waals surface area contributed by atoms with Gasteiger partial charge in [0, 0.05) is 6.07 Å². The largest absolute Gasteiger partial charge is 0.478 e. The average molecular weight is 246 g/mol. The number of aromatic carboxylic acids is 1. The molecule has 0 amide bonds. The van der Waals surface area contributed by atoms with Crippen molar-refractivity contribution in [3.8, 4) is 11.5 Å². The second-order valence-electron chi connectivity index (χ2n) is 3.86. The van der Waals surface area contributed by atoms with Gasteiger partial charge in [-0.15, -0.1) is 0 Å². The first kappa shape index (κ1) is 12.1. The van der Waals surface area contributed by atoms with Crippen molar-refractivity contribution in [2.45, 2.75) is 6.92 Å². The molecule has 0 aliphatic rings. The minimum absolute atomic E-state index is 0.0549. The van der Waals surface area contributed by atoms with Gasteiger partial charge in [-0.2, -0.15) is 0 Å². The van der Waals surface area contributed by atoms with Crippen LogP contribution in [0.2, 0.25) is 0 Å². The molecule has 0 aliphatic heterocycles. The molecule has 0 unspecified atom stereocenters. The quantitative estimate of drug-likeness (QED) is 0.899. The van der Waals surface area contributed by atoms with Gasteiger partial charge in [-0.3, -0.25) is 0 Å². The zero-order chi connectivity index (χ0) is 13.1. The van der Waals surface area contributed by atoms with Gasteiger partial charge in [-0.25, -0.2) is 9.18 Å². The Bertz CT molecular complexity index is 593. The van der Waals surface area contributed by atoms with Gasteiger partial charge in [0.05, 0.1) is 0 Å². The van der Waals surface area contributed by atoms with Crippen LogP contribution in [-0.2, 0) is 0 Å². The van der Waals surface area contributed by atoms with Crippen LogP contribution < -0.4 is 4.74 Å². The zero-order valence-corrected chi connectivity index (χ0v) is 9.68. The maximum atomic E-state index is 13.0. The molecule has 2 aromatic rings. The van der Waals surface area contributed by atoms with E-state index in [4.69, 9.17) is 9.84 Å². The van der Waals surface area contributed by atoms with Gasteiger partial charge in [-0.1, -0.05) is 17.7 Å². The molecule has 2 rings (SSSR count). The highest BCUT2D eigenvalue weighted by molar-refractivity contribution is 5.91. The molecule has 0 fully saturated rings. The smallest absolute Gasteiger partial charge is 0.339 e. The normalized spacial score (nSPS) is 10.1. The molecule has 0 atom stereocenters. The average Bonchev–Trinajstić information content (AvgIpc) is 2.31. The van der Waals surface area contributed by atoms with E-state index >= 15 is 0 Å². The maximum absolute atomic E-state index is 13.0. The second-order valence-corrected chi connectivity index (χ2v) is 3.86. The first-order chi connectivity index (χ1) is 8.56. The van der Waals surface area contributed by atoms with E-state index in [1.165, 1.54) is 24.3 Å². The lowest BCUT2D eigenvalue weighted by Gasteiger charge is -2.09. The van der Waals surface area contributed by atoms with Gasteiger partial charge in [-0.05, 0) is 31.2 Å². The van der Waals surface area contributed by atoms with Crippen molar-refractivity contribution < 1.29 is 19.0 Å². The second kappa shape index (κ2) is 4.87. The molecular formula is C14H11FO3. The molecule has 3 nitrogen and oxygen atoms in total. The molecule has 0 saturated heterocycles. The number of benzene rings is 2. The predicted octanol–water partition coefficient (Wildman–Crippen LogP) is 3.62. The fourth-order valence-electron chi connectivity index (χ4n) is 1.56. The summed E-state index contributed by atoms with van der Waals surface area (Å²) in [4.78, 5) is 11.1. The van der Waals surface area contributed by atoms with Gasteiger partial charge in [0.2, 0.25) is 0 Å². The number of halogens is 1. The Kier molecular flexibility index (Phi) is 3.28. The fraction of sp³-hybridized carbons (Fsp3) is 0.0714. The lowest BCUT2D eigenvalue weighted by atomic mass is 10.1. The SMILES string of the molecule is Cc1ccc(Oc2cccc(F)c2)c(C(=O)O)c1. The van der Waals surface area contributed by atoms with E-state index in [1.54, 1.807) is 25.1 Å². The first-order valence-corrected chi connectivity index (χ1v) is 5.33. The topological polar surface area (TPSA) is 46.5 Å². The molecule has 0 spiro atoms. The van der Waals surface area contributed by atoms with Crippen LogP contribution in [0, 0.1) is 12.7 Å². The van der Waals surface area contributed by atoms with Crippen LogP contribution in [0.4, 0.5) is 4.39 Å². The van der Waals surface area contributed by atoms with E-state index in [0.29, 0.717) is 0 Å². The van der Waals surface area contributed by atoms with Crippen molar-refractivity contribution in [1.82, 2.24) is 0 Å². The van der Waals surface area contributed by atoms with Crippen LogP contribution in [-0.4, -0.2) is 11.1 Å². The Balaban J connectivity index is 2.37. The molecule has 2 aromatic carbocycles. The van der Waals surface area contributed by atoms with Gasteiger partial charge >= 0.3 is 5.97 Å². The van der Waals surface area contributed by atoms with Crippen molar-refractivity contribution >= 4 is 5.97 Å². The number of ether oxygens (including phenoxy) is 1. The summed E-state index contributed by atoms with van der Waals surface area (Å²) in [7, 11) is 0. The molecule has 92 valence electrons. The Morgan fingerprint density at radius 2 is 2.00 bits per heavy atom. The Hall–Kier alpha value is -2.36. The molecular weight excluding hydrogens is 235 g/mol. The Labute approximate surface area is 103 Å². The van der Waals surface area contributed by atoms with Gasteiger partial charge in [0.15, 0.2) is 0 Å². The molecule has 0 heterocycles. The summed E-state index contributed by atoms with van der Waals surface area (Å²) in [5, 5.41) is 9.07. The van der Waals surface area contributed by atoms with Crippen molar-refractivity contribution in [1.29, 1.82) is 0 Å². The van der Waals surface area contributed by atoms with Gasteiger partial charge < -0.3 is 9.84 Å². The number of hydrogen-bond donors (Lipinski definition) is 1. The van der Waals surface area contributed by atoms with E-state index in [-0.39, 0.29) is 17.1 Å². The van der Waals surface area contributed by atoms with Crippen molar-refractivity contribution in [2.75, 3.05) is 0 Å². The molecule has 0 saturated carbocycles. The third-order valence-corrected chi connectivity index (χ3v) is 2.39. The van der Waals surface area contributed by atoms with Gasteiger partial charge in [0.1, 0.15) is 22.9 Å². The molecule has 4 heteroatoms. The number of hydrogen-bond acceptors (Lipinski definition) is 2. The summed E-state index contributed by atoms with van der Waals surface area (Å²) in [5.41, 5.74) is 0.873. The minimum atomic E-state index is -1.08. The molecule has 0 radical (unpaired) electrons. The summed E-state index contributed by atoms with van der Waals surface area (Å²) in [5.74, 6) is -1.05. The predicted molar refractivity (Wildman–Crippen MR) is 64.6 cm³/mol. The minimum Gasteiger partial charge on any atom is -0.478 e. The lowest BCUT2D eigenvalue weighted by Crippen LogP contribution is -2.00. The number of carboxylic acids is 1. The fourth-order valence-corrected chi connectivity index (χ4v) is 1.56. The highest BCUT2D eigenvalue weighted by Crippen LogP contribution is 2.26. The van der Waals surface area contributed by atoms with E-state index in [9.17, 15) is 9.18 Å². The molecule has 0 aromatic heterocycles. The summed E-state index contributed by atoms with van der Waals surface area (Å²) in [6.45, 7) is 1.79. The van der Waals surface area contributed by atoms with Crippen LogP contribution in [0.15, 0.2) is 42.5 Å². The molecule has 0 bridgehead atoms. The van der Waals surface area contributed by atoms with E-state index in [1.807, 2.05) is 0 Å². The first-order valence-electron chi connectivity index (χ1n) is 5.33. The lowest BCUT2D eigenvalue weighted by molar-refractivity contribution is 0.0694. The number of carbonyl (C=O) groups is 1. The number of aryl methyl sites for hydroxylation is 1. The van der Waals surface area contributed by atoms with Crippen molar-refractivity contribution in [2.24, 2.45) is 0 Å². The van der Waals surface area contributed by atoms with Crippen molar-refractivity contribution in [3.05, 3.63) is 59.4 Å². The van der Waals surface area contributed by atoms with Crippen LogP contribution in [0.25, 0.3) is 0 Å². The highest BCUT2D eigenvalue weighted by Gasteiger charge is 2.12. The van der Waals surface area contributed by atoms with Crippen LogP contribution >= 0.6 is 0 Å². The third kappa shape index (κ3) is 2.66. The molecule has 0 aliphatic carbocycles. The standard InChI is InChI=1S/C14H11FO3/c1-9-5-6-13(12(7-9)14(16)17)18-11-4-2-3-10(15)8-11/h2-8H,1H3,(H,16,17). The number of rotatable bonds is 3. The summed E-state index contributed by atoms with van der Waals surface area (Å²) in [6.07, 6.45) is 0. The van der Waals surface area contributed by atoms with Crippen molar-refractivity contribution in [3.63, 3.8) is 0 Å². The monoisotopic (exact) mass is 246 g/mol. The molecule has 1 N–H and O–H groups in total. The maximum Gasteiger partial charge on any atom is 0.339 e. The summed E-state index contributed by atoms with van der Waals surface area (Å²) in [6, 6.07) is 10.4. The Morgan fingerprint density at radius 1 is 1.22 bits per heavy atom. The van der Waals surface area contributed by atoms with E-state index in [0.717, 1.165) is 5.56 Å².